The molecule has 6 heteroatoms. The van der Waals surface area contributed by atoms with Gasteiger partial charge in [0.2, 0.25) is 0 Å². The summed E-state index contributed by atoms with van der Waals surface area (Å²) in [4.78, 5) is 38.5. The third-order valence-corrected chi connectivity index (χ3v) is 11.0. The number of rotatable bonds is 0. The Morgan fingerprint density at radius 2 is 1.83 bits per heavy atom. The second-order valence-corrected chi connectivity index (χ2v) is 11.5. The number of nitrogens with zero attached hydrogens (tertiary/aromatic N) is 1. The van der Waals surface area contributed by atoms with Gasteiger partial charge in [-0.25, -0.2) is 0 Å². The number of ether oxygens (including phenoxy) is 1. The Labute approximate surface area is 176 Å². The first-order valence-corrected chi connectivity index (χ1v) is 11.5. The maximum absolute atomic E-state index is 13.6. The van der Waals surface area contributed by atoms with E-state index < -0.39 is 28.5 Å². The van der Waals surface area contributed by atoms with Crippen molar-refractivity contribution in [2.45, 2.75) is 76.9 Å². The van der Waals surface area contributed by atoms with Crippen molar-refractivity contribution in [3.63, 3.8) is 0 Å². The molecule has 0 aromatic rings. The molecule has 0 aromatic heterocycles. The van der Waals surface area contributed by atoms with Crippen LogP contribution < -0.4 is 0 Å². The van der Waals surface area contributed by atoms with Gasteiger partial charge in [-0.3, -0.25) is 14.4 Å². The summed E-state index contributed by atoms with van der Waals surface area (Å²) in [5, 5.41) is 21.9. The van der Waals surface area contributed by atoms with Crippen molar-refractivity contribution in [2.24, 2.45) is 45.8 Å². The van der Waals surface area contributed by atoms with Gasteiger partial charge in [-0.15, -0.1) is 0 Å². The van der Waals surface area contributed by atoms with Crippen molar-refractivity contribution in [3.05, 3.63) is 0 Å². The minimum Gasteiger partial charge on any atom is -0.458 e. The van der Waals surface area contributed by atoms with E-state index in [1.807, 2.05) is 0 Å². The Bertz CT molecular complexity index is 938. The molecule has 1 spiro atoms. The lowest BCUT2D eigenvalue weighted by molar-refractivity contribution is -0.213. The molecule has 160 valence electrons. The number of esters is 1. The summed E-state index contributed by atoms with van der Waals surface area (Å²) >= 11 is 0. The highest BCUT2D eigenvalue weighted by Gasteiger charge is 2.79. The maximum atomic E-state index is 13.6. The number of ketones is 2. The van der Waals surface area contributed by atoms with E-state index in [4.69, 9.17) is 4.74 Å². The molecular formula is C24H29NO5. The Hall–Kier alpha value is -1.74. The van der Waals surface area contributed by atoms with Crippen molar-refractivity contribution in [2.75, 3.05) is 0 Å². The molecule has 0 aromatic carbocycles. The van der Waals surface area contributed by atoms with Crippen LogP contribution >= 0.6 is 0 Å². The van der Waals surface area contributed by atoms with Crippen LogP contribution in [0.4, 0.5) is 0 Å². The molecule has 0 radical (unpaired) electrons. The Balaban J connectivity index is 1.52. The standard InChI is InChI=1S/C24H29NO5/c1-21-6-4-14(26)19-20(29)12(9-23(19,21)11-25)17-13-3-7-24(8-5-16(28)30-24)22(13,2)10-15(27)18(17)21/h12-13,15,17-19,27H,3-10H2,1-2H3/t12-,13?,15-,17?,18?,19+,21?,22?,23+,24-/m1/s1. The summed E-state index contributed by atoms with van der Waals surface area (Å²) in [7, 11) is 0. The molecule has 5 unspecified atom stereocenters. The van der Waals surface area contributed by atoms with Crippen molar-refractivity contribution < 1.29 is 24.2 Å². The van der Waals surface area contributed by atoms with Crippen LogP contribution in [0.5, 0.6) is 0 Å². The van der Waals surface area contributed by atoms with Crippen LogP contribution in [0, 0.1) is 57.2 Å². The van der Waals surface area contributed by atoms with Gasteiger partial charge in [0.15, 0.2) is 0 Å². The average Bonchev–Trinajstić information content (AvgIpc) is 3.31. The number of Topliss-reactive ketones (excluding diaryl/α,β-unsaturated/α-hetero) is 2. The monoisotopic (exact) mass is 411 g/mol. The highest BCUT2D eigenvalue weighted by molar-refractivity contribution is 6.07. The number of aliphatic hydroxyl groups is 1. The van der Waals surface area contributed by atoms with E-state index in [1.54, 1.807) is 0 Å². The number of carbonyl (C=O) groups excluding carboxylic acids is 3. The number of aliphatic hydroxyl groups excluding tert-OH is 1. The van der Waals surface area contributed by atoms with Gasteiger partial charge in [0.25, 0.3) is 0 Å². The number of hydrogen-bond donors (Lipinski definition) is 1. The predicted molar refractivity (Wildman–Crippen MR) is 103 cm³/mol. The zero-order valence-corrected chi connectivity index (χ0v) is 17.6. The maximum Gasteiger partial charge on any atom is 0.306 e. The lowest BCUT2D eigenvalue weighted by Crippen LogP contribution is -2.65. The topological polar surface area (TPSA) is 104 Å². The molecule has 5 aliphatic carbocycles. The predicted octanol–water partition coefficient (Wildman–Crippen LogP) is 2.57. The normalized spacial score (nSPS) is 58.4. The highest BCUT2D eigenvalue weighted by Crippen LogP contribution is 2.76. The molecule has 0 amide bonds. The molecule has 2 bridgehead atoms. The summed E-state index contributed by atoms with van der Waals surface area (Å²) in [6.07, 6.45) is 3.95. The fourth-order valence-corrected chi connectivity index (χ4v) is 9.73. The minimum atomic E-state index is -0.976. The van der Waals surface area contributed by atoms with E-state index in [9.17, 15) is 24.8 Å². The zero-order chi connectivity index (χ0) is 21.3. The molecule has 1 aliphatic heterocycles. The van der Waals surface area contributed by atoms with Crippen molar-refractivity contribution in [1.29, 1.82) is 5.26 Å². The first-order chi connectivity index (χ1) is 14.1. The molecule has 1 heterocycles. The smallest absolute Gasteiger partial charge is 0.306 e. The van der Waals surface area contributed by atoms with Gasteiger partial charge < -0.3 is 9.84 Å². The fourth-order valence-electron chi connectivity index (χ4n) is 9.73. The van der Waals surface area contributed by atoms with E-state index >= 15 is 0 Å². The van der Waals surface area contributed by atoms with Crippen LogP contribution in [0.25, 0.3) is 0 Å². The highest BCUT2D eigenvalue weighted by atomic mass is 16.6. The van der Waals surface area contributed by atoms with Crippen molar-refractivity contribution in [1.82, 2.24) is 0 Å². The summed E-state index contributed by atoms with van der Waals surface area (Å²) in [6.45, 7) is 4.21. The van der Waals surface area contributed by atoms with Gasteiger partial charge in [-0.1, -0.05) is 13.8 Å². The Morgan fingerprint density at radius 3 is 2.50 bits per heavy atom. The van der Waals surface area contributed by atoms with Crippen LogP contribution in [0.15, 0.2) is 0 Å². The summed E-state index contributed by atoms with van der Waals surface area (Å²) in [5.41, 5.74) is -2.44. The molecule has 10 atom stereocenters. The Kier molecular flexibility index (Phi) is 3.39. The molecule has 6 nitrogen and oxygen atoms in total. The average molecular weight is 411 g/mol. The second kappa shape index (κ2) is 5.35. The number of hydrogen-bond acceptors (Lipinski definition) is 6. The molecule has 6 aliphatic rings. The van der Waals surface area contributed by atoms with Crippen LogP contribution in [0.2, 0.25) is 0 Å². The van der Waals surface area contributed by atoms with Gasteiger partial charge in [-0.2, -0.15) is 5.26 Å². The molecule has 1 saturated heterocycles. The number of fused-ring (bicyclic) bond motifs is 7. The van der Waals surface area contributed by atoms with Crippen molar-refractivity contribution >= 4 is 17.5 Å². The van der Waals surface area contributed by atoms with E-state index in [1.165, 1.54) is 0 Å². The zero-order valence-electron chi connectivity index (χ0n) is 17.6. The van der Waals surface area contributed by atoms with Gasteiger partial charge in [0.1, 0.15) is 17.2 Å². The van der Waals surface area contributed by atoms with Gasteiger partial charge in [0.05, 0.1) is 23.5 Å². The fraction of sp³-hybridized carbons (Fsp3) is 0.833. The lowest BCUT2D eigenvalue weighted by atomic mass is 9.39. The van der Waals surface area contributed by atoms with E-state index in [2.05, 4.69) is 19.9 Å². The van der Waals surface area contributed by atoms with Gasteiger partial charge in [-0.05, 0) is 61.7 Å². The molecule has 6 fully saturated rings. The first-order valence-electron chi connectivity index (χ1n) is 11.5. The van der Waals surface area contributed by atoms with Crippen LogP contribution in [0.3, 0.4) is 0 Å². The SMILES string of the molecule is CC12C[C@@H](O)C3C(C1CC[C@@]21CCC(=O)O1)[C@H]1C[C@]2(C#N)[C@@H](C(=O)CCC32C)C1=O. The van der Waals surface area contributed by atoms with Crippen LogP contribution in [-0.4, -0.2) is 34.3 Å². The summed E-state index contributed by atoms with van der Waals surface area (Å²) in [5.74, 6) is -1.52. The Morgan fingerprint density at radius 1 is 1.07 bits per heavy atom. The summed E-state index contributed by atoms with van der Waals surface area (Å²) < 4.78 is 5.94. The third kappa shape index (κ3) is 1.74. The quantitative estimate of drug-likeness (QED) is 0.485. The molecule has 6 rings (SSSR count). The molecule has 5 saturated carbocycles. The molecule has 1 N–H and O–H groups in total. The number of nitriles is 1. The molecular weight excluding hydrogens is 382 g/mol. The van der Waals surface area contributed by atoms with Gasteiger partial charge >= 0.3 is 5.97 Å². The lowest BCUT2D eigenvalue weighted by Gasteiger charge is -2.64. The molecule has 30 heavy (non-hydrogen) atoms. The van der Waals surface area contributed by atoms with Crippen molar-refractivity contribution in [3.8, 4) is 6.07 Å². The number of carbonyl (C=O) groups is 3. The van der Waals surface area contributed by atoms with E-state index in [0.717, 1.165) is 12.8 Å². The van der Waals surface area contributed by atoms with Crippen LogP contribution in [0.1, 0.15) is 65.2 Å². The third-order valence-electron chi connectivity index (χ3n) is 11.0. The van der Waals surface area contributed by atoms with Crippen LogP contribution in [-0.2, 0) is 19.1 Å². The minimum absolute atomic E-state index is 0.0488. The first kappa shape index (κ1) is 19.0. The summed E-state index contributed by atoms with van der Waals surface area (Å²) in [6, 6.07) is 2.47. The van der Waals surface area contributed by atoms with E-state index in [0.29, 0.717) is 38.5 Å². The van der Waals surface area contributed by atoms with Gasteiger partial charge in [0, 0.05) is 24.2 Å². The largest absolute Gasteiger partial charge is 0.458 e. The second-order valence-electron chi connectivity index (χ2n) is 11.5. The van der Waals surface area contributed by atoms with E-state index in [-0.39, 0.29) is 46.6 Å².